The van der Waals surface area contributed by atoms with Crippen molar-refractivity contribution in [3.05, 3.63) is 24.3 Å². The Hall–Kier alpha value is -1.18. The second-order valence-electron chi connectivity index (χ2n) is 4.45. The standard InChI is InChI=1S/C12H18N2/c1-9-7-10(9)8-14(2)12-5-3-11(13)4-6-12/h3-6,9-10H,7-8,13H2,1-2H3. The maximum Gasteiger partial charge on any atom is 0.0365 e. The van der Waals surface area contributed by atoms with E-state index in [4.69, 9.17) is 5.73 Å². The highest BCUT2D eigenvalue weighted by molar-refractivity contribution is 5.52. The molecule has 1 aliphatic rings. The Morgan fingerprint density at radius 1 is 1.36 bits per heavy atom. The van der Waals surface area contributed by atoms with Crippen LogP contribution in [0.3, 0.4) is 0 Å². The van der Waals surface area contributed by atoms with E-state index in [9.17, 15) is 0 Å². The molecule has 2 unspecified atom stereocenters. The molecule has 1 aromatic carbocycles. The highest BCUT2D eigenvalue weighted by Gasteiger charge is 2.33. The summed E-state index contributed by atoms with van der Waals surface area (Å²) in [5.41, 5.74) is 7.74. The van der Waals surface area contributed by atoms with Crippen molar-refractivity contribution in [2.45, 2.75) is 13.3 Å². The molecule has 2 heteroatoms. The van der Waals surface area contributed by atoms with Crippen LogP contribution in [0.25, 0.3) is 0 Å². The average molecular weight is 190 g/mol. The van der Waals surface area contributed by atoms with Gasteiger partial charge in [-0.1, -0.05) is 6.92 Å². The highest BCUT2D eigenvalue weighted by Crippen LogP contribution is 2.38. The van der Waals surface area contributed by atoms with Gasteiger partial charge in [0.1, 0.15) is 0 Å². The second kappa shape index (κ2) is 3.52. The summed E-state index contributed by atoms with van der Waals surface area (Å²) in [6, 6.07) is 8.09. The van der Waals surface area contributed by atoms with Crippen LogP contribution in [-0.2, 0) is 0 Å². The Kier molecular flexibility index (Phi) is 2.36. The minimum atomic E-state index is 0.835. The number of nitrogens with zero attached hydrogens (tertiary/aromatic N) is 1. The van der Waals surface area contributed by atoms with E-state index in [1.807, 2.05) is 12.1 Å². The van der Waals surface area contributed by atoms with E-state index in [2.05, 4.69) is 31.0 Å². The van der Waals surface area contributed by atoms with E-state index in [0.29, 0.717) is 0 Å². The molecule has 0 aliphatic heterocycles. The summed E-state index contributed by atoms with van der Waals surface area (Å²) in [5.74, 6) is 1.82. The van der Waals surface area contributed by atoms with Crippen LogP contribution >= 0.6 is 0 Å². The van der Waals surface area contributed by atoms with Crippen molar-refractivity contribution < 1.29 is 0 Å². The molecule has 0 radical (unpaired) electrons. The average Bonchev–Trinajstić information content (AvgIpc) is 2.82. The molecule has 0 amide bonds. The lowest BCUT2D eigenvalue weighted by molar-refractivity contribution is 0.725. The Morgan fingerprint density at radius 3 is 2.43 bits per heavy atom. The molecule has 0 heterocycles. The zero-order valence-electron chi connectivity index (χ0n) is 8.90. The molecule has 0 bridgehead atoms. The Morgan fingerprint density at radius 2 is 1.93 bits per heavy atom. The van der Waals surface area contributed by atoms with Crippen LogP contribution in [0, 0.1) is 11.8 Å². The molecule has 2 rings (SSSR count). The zero-order valence-corrected chi connectivity index (χ0v) is 8.90. The van der Waals surface area contributed by atoms with Gasteiger partial charge >= 0.3 is 0 Å². The first kappa shape index (κ1) is 9.38. The Balaban J connectivity index is 1.96. The van der Waals surface area contributed by atoms with Gasteiger partial charge in [-0.05, 0) is 42.5 Å². The summed E-state index contributed by atoms with van der Waals surface area (Å²) < 4.78 is 0. The third-order valence-electron chi connectivity index (χ3n) is 3.12. The van der Waals surface area contributed by atoms with Gasteiger partial charge in [-0.3, -0.25) is 0 Å². The van der Waals surface area contributed by atoms with E-state index < -0.39 is 0 Å². The second-order valence-corrected chi connectivity index (χ2v) is 4.45. The number of hydrogen-bond donors (Lipinski definition) is 1. The van der Waals surface area contributed by atoms with Gasteiger partial charge in [0.2, 0.25) is 0 Å². The van der Waals surface area contributed by atoms with Crippen LogP contribution in [0.15, 0.2) is 24.3 Å². The molecule has 2 nitrogen and oxygen atoms in total. The molecule has 2 N–H and O–H groups in total. The first-order chi connectivity index (χ1) is 6.66. The largest absolute Gasteiger partial charge is 0.399 e. The molecule has 76 valence electrons. The number of nitrogen functional groups attached to an aromatic ring is 1. The van der Waals surface area contributed by atoms with Crippen LogP contribution in [0.1, 0.15) is 13.3 Å². The smallest absolute Gasteiger partial charge is 0.0365 e. The van der Waals surface area contributed by atoms with Crippen LogP contribution in [-0.4, -0.2) is 13.6 Å². The maximum atomic E-state index is 5.64. The van der Waals surface area contributed by atoms with Gasteiger partial charge in [0, 0.05) is 25.0 Å². The molecule has 0 saturated heterocycles. The lowest BCUT2D eigenvalue weighted by Gasteiger charge is -2.19. The topological polar surface area (TPSA) is 29.3 Å². The first-order valence-electron chi connectivity index (χ1n) is 5.23. The predicted molar refractivity (Wildman–Crippen MR) is 61.4 cm³/mol. The van der Waals surface area contributed by atoms with Gasteiger partial charge in [-0.2, -0.15) is 0 Å². The monoisotopic (exact) mass is 190 g/mol. The SMILES string of the molecule is CC1CC1CN(C)c1ccc(N)cc1. The molecular formula is C12H18N2. The summed E-state index contributed by atoms with van der Waals surface area (Å²) >= 11 is 0. The molecule has 1 aliphatic carbocycles. The van der Waals surface area contributed by atoms with Crippen molar-refractivity contribution in [3.63, 3.8) is 0 Å². The third kappa shape index (κ3) is 2.00. The van der Waals surface area contributed by atoms with Crippen LogP contribution in [0.2, 0.25) is 0 Å². The van der Waals surface area contributed by atoms with E-state index in [0.717, 1.165) is 17.5 Å². The van der Waals surface area contributed by atoms with Crippen molar-refractivity contribution >= 4 is 11.4 Å². The van der Waals surface area contributed by atoms with Crippen molar-refractivity contribution in [2.24, 2.45) is 11.8 Å². The molecule has 0 aromatic heterocycles. The van der Waals surface area contributed by atoms with Gasteiger partial charge in [0.25, 0.3) is 0 Å². The molecular weight excluding hydrogens is 172 g/mol. The fraction of sp³-hybridized carbons (Fsp3) is 0.500. The Labute approximate surface area is 85.7 Å². The number of nitrogens with two attached hydrogens (primary N) is 1. The number of rotatable bonds is 3. The minimum Gasteiger partial charge on any atom is -0.399 e. The molecule has 1 saturated carbocycles. The quantitative estimate of drug-likeness (QED) is 0.741. The van der Waals surface area contributed by atoms with Gasteiger partial charge in [0.05, 0.1) is 0 Å². The van der Waals surface area contributed by atoms with Crippen molar-refractivity contribution in [1.29, 1.82) is 0 Å². The van der Waals surface area contributed by atoms with Crippen LogP contribution in [0.5, 0.6) is 0 Å². The summed E-state index contributed by atoms with van der Waals surface area (Å²) in [7, 11) is 2.15. The van der Waals surface area contributed by atoms with Crippen molar-refractivity contribution in [2.75, 3.05) is 24.2 Å². The zero-order chi connectivity index (χ0) is 10.1. The molecule has 0 spiro atoms. The van der Waals surface area contributed by atoms with Crippen molar-refractivity contribution in [1.82, 2.24) is 0 Å². The van der Waals surface area contributed by atoms with Gasteiger partial charge in [-0.15, -0.1) is 0 Å². The molecule has 1 fully saturated rings. The highest BCUT2D eigenvalue weighted by atomic mass is 15.1. The fourth-order valence-electron chi connectivity index (χ4n) is 1.84. The third-order valence-corrected chi connectivity index (χ3v) is 3.12. The van der Waals surface area contributed by atoms with Crippen LogP contribution in [0.4, 0.5) is 11.4 Å². The fourth-order valence-corrected chi connectivity index (χ4v) is 1.84. The molecule has 2 atom stereocenters. The summed E-state index contributed by atoms with van der Waals surface area (Å²) in [5, 5.41) is 0. The van der Waals surface area contributed by atoms with Gasteiger partial charge < -0.3 is 10.6 Å². The minimum absolute atomic E-state index is 0.835. The summed E-state index contributed by atoms with van der Waals surface area (Å²) in [6.07, 6.45) is 1.39. The number of benzene rings is 1. The number of anilines is 2. The predicted octanol–water partition coefficient (Wildman–Crippen LogP) is 2.36. The molecule has 1 aromatic rings. The lowest BCUT2D eigenvalue weighted by Crippen LogP contribution is -2.20. The Bertz CT molecular complexity index is 305. The van der Waals surface area contributed by atoms with Gasteiger partial charge in [-0.25, -0.2) is 0 Å². The maximum absolute atomic E-state index is 5.64. The molecule has 14 heavy (non-hydrogen) atoms. The van der Waals surface area contributed by atoms with E-state index in [-0.39, 0.29) is 0 Å². The number of hydrogen-bond acceptors (Lipinski definition) is 2. The van der Waals surface area contributed by atoms with E-state index in [1.165, 1.54) is 18.7 Å². The van der Waals surface area contributed by atoms with Gasteiger partial charge in [0.15, 0.2) is 0 Å². The van der Waals surface area contributed by atoms with E-state index in [1.54, 1.807) is 0 Å². The summed E-state index contributed by atoms with van der Waals surface area (Å²) in [6.45, 7) is 3.49. The van der Waals surface area contributed by atoms with Crippen LogP contribution < -0.4 is 10.6 Å². The van der Waals surface area contributed by atoms with Crippen molar-refractivity contribution in [3.8, 4) is 0 Å². The summed E-state index contributed by atoms with van der Waals surface area (Å²) in [4.78, 5) is 2.31. The normalized spacial score (nSPS) is 24.7. The van der Waals surface area contributed by atoms with E-state index >= 15 is 0 Å². The first-order valence-corrected chi connectivity index (χ1v) is 5.23. The lowest BCUT2D eigenvalue weighted by atomic mass is 10.2.